The van der Waals surface area contributed by atoms with Crippen molar-refractivity contribution in [3.05, 3.63) is 16.1 Å². The van der Waals surface area contributed by atoms with E-state index in [4.69, 9.17) is 5.11 Å². The molecule has 5 nitrogen and oxygen atoms in total. The van der Waals surface area contributed by atoms with Gasteiger partial charge in [0.05, 0.1) is 23.0 Å². The van der Waals surface area contributed by atoms with Crippen molar-refractivity contribution in [1.82, 2.24) is 10.3 Å². The van der Waals surface area contributed by atoms with E-state index in [1.165, 1.54) is 11.3 Å². The second kappa shape index (κ2) is 6.49. The molecule has 100 valence electrons. The molecule has 1 aromatic rings. The number of carbonyl (C=O) groups is 2. The quantitative estimate of drug-likeness (QED) is 0.820. The number of aliphatic carboxylic acids is 1. The number of carboxylic acid groups (broad SMARTS) is 1. The number of carbonyl (C=O) groups excluding carboxylic acids is 1. The first-order chi connectivity index (χ1) is 8.40. The van der Waals surface area contributed by atoms with Gasteiger partial charge >= 0.3 is 5.97 Å². The summed E-state index contributed by atoms with van der Waals surface area (Å²) in [5.74, 6) is -1.63. The molecular weight excluding hydrogens is 252 g/mol. The van der Waals surface area contributed by atoms with E-state index in [9.17, 15) is 9.59 Å². The highest BCUT2D eigenvalue weighted by Crippen LogP contribution is 2.11. The summed E-state index contributed by atoms with van der Waals surface area (Å²) in [6.07, 6.45) is 0.203. The Bertz CT molecular complexity index is 429. The molecule has 0 aromatic carbocycles. The Morgan fingerprint density at radius 3 is 2.61 bits per heavy atom. The highest BCUT2D eigenvalue weighted by atomic mass is 32.1. The maximum absolute atomic E-state index is 11.6. The van der Waals surface area contributed by atoms with Crippen molar-refractivity contribution in [1.29, 1.82) is 0 Å². The van der Waals surface area contributed by atoms with Gasteiger partial charge in [0.15, 0.2) is 0 Å². The number of thiazole rings is 1. The number of amides is 1. The van der Waals surface area contributed by atoms with Gasteiger partial charge in [0.2, 0.25) is 5.91 Å². The molecular formula is C12H18N2O3S. The third-order valence-electron chi connectivity index (χ3n) is 2.65. The first-order valence-corrected chi connectivity index (χ1v) is 6.68. The summed E-state index contributed by atoms with van der Waals surface area (Å²) in [5.41, 5.74) is 0.728. The van der Waals surface area contributed by atoms with Crippen LogP contribution < -0.4 is 5.32 Å². The van der Waals surface area contributed by atoms with Gasteiger partial charge in [-0.3, -0.25) is 9.59 Å². The molecule has 1 unspecified atom stereocenters. The Morgan fingerprint density at radius 1 is 1.50 bits per heavy atom. The molecule has 1 amide bonds. The molecule has 18 heavy (non-hydrogen) atoms. The van der Waals surface area contributed by atoms with Gasteiger partial charge in [-0.05, 0) is 12.8 Å². The molecule has 0 saturated heterocycles. The van der Waals surface area contributed by atoms with Gasteiger partial charge in [0.25, 0.3) is 0 Å². The molecule has 0 fully saturated rings. The van der Waals surface area contributed by atoms with E-state index in [1.54, 1.807) is 0 Å². The summed E-state index contributed by atoms with van der Waals surface area (Å²) < 4.78 is 0. The SMILES string of the molecule is Cc1nc(CC(=O)NCC(C(=O)O)C(C)C)cs1. The number of carboxylic acids is 1. The normalized spacial score (nSPS) is 12.4. The molecule has 1 aromatic heterocycles. The van der Waals surface area contributed by atoms with Crippen molar-refractivity contribution in [3.8, 4) is 0 Å². The predicted molar refractivity (Wildman–Crippen MR) is 69.5 cm³/mol. The molecule has 1 atom stereocenters. The number of aryl methyl sites for hydroxylation is 1. The van der Waals surface area contributed by atoms with Crippen LogP contribution in [0.25, 0.3) is 0 Å². The minimum absolute atomic E-state index is 0.00989. The van der Waals surface area contributed by atoms with Crippen LogP contribution in [0.4, 0.5) is 0 Å². The Morgan fingerprint density at radius 2 is 2.17 bits per heavy atom. The minimum Gasteiger partial charge on any atom is -0.481 e. The van der Waals surface area contributed by atoms with Crippen LogP contribution in [-0.2, 0) is 16.0 Å². The summed E-state index contributed by atoms with van der Waals surface area (Å²) in [6.45, 7) is 5.70. The standard InChI is InChI=1S/C12H18N2O3S/c1-7(2)10(12(16)17)5-13-11(15)4-9-6-18-8(3)14-9/h6-7,10H,4-5H2,1-3H3,(H,13,15)(H,16,17). The molecule has 0 saturated carbocycles. The molecule has 0 aliphatic heterocycles. The van der Waals surface area contributed by atoms with Gasteiger partial charge in [-0.15, -0.1) is 11.3 Å². The Hall–Kier alpha value is -1.43. The van der Waals surface area contributed by atoms with E-state index in [2.05, 4.69) is 10.3 Å². The largest absolute Gasteiger partial charge is 0.481 e. The van der Waals surface area contributed by atoms with Crippen molar-refractivity contribution in [3.63, 3.8) is 0 Å². The minimum atomic E-state index is -0.880. The monoisotopic (exact) mass is 270 g/mol. The lowest BCUT2D eigenvalue weighted by Gasteiger charge is -2.16. The van der Waals surface area contributed by atoms with Gasteiger partial charge in [-0.2, -0.15) is 0 Å². The van der Waals surface area contributed by atoms with Crippen molar-refractivity contribution in [2.24, 2.45) is 11.8 Å². The fraction of sp³-hybridized carbons (Fsp3) is 0.583. The van der Waals surface area contributed by atoms with Gasteiger partial charge in [0, 0.05) is 11.9 Å². The van der Waals surface area contributed by atoms with Gasteiger partial charge < -0.3 is 10.4 Å². The maximum Gasteiger partial charge on any atom is 0.308 e. The summed E-state index contributed by atoms with van der Waals surface area (Å²) in [6, 6.07) is 0. The Labute approximate surface area is 110 Å². The van der Waals surface area contributed by atoms with E-state index in [0.717, 1.165) is 10.7 Å². The highest BCUT2D eigenvalue weighted by Gasteiger charge is 2.22. The molecule has 2 N–H and O–H groups in total. The molecule has 0 aliphatic carbocycles. The number of nitrogens with zero attached hydrogens (tertiary/aromatic N) is 1. The third kappa shape index (κ3) is 4.44. The highest BCUT2D eigenvalue weighted by molar-refractivity contribution is 7.09. The van der Waals surface area contributed by atoms with Gasteiger partial charge in [-0.25, -0.2) is 4.98 Å². The molecule has 6 heteroatoms. The zero-order valence-electron chi connectivity index (χ0n) is 10.8. The van der Waals surface area contributed by atoms with Gasteiger partial charge in [-0.1, -0.05) is 13.8 Å². The smallest absolute Gasteiger partial charge is 0.308 e. The van der Waals surface area contributed by atoms with Gasteiger partial charge in [0.1, 0.15) is 0 Å². The number of rotatable bonds is 6. The van der Waals surface area contributed by atoms with E-state index in [-0.39, 0.29) is 24.8 Å². The predicted octanol–water partition coefficient (Wildman–Crippen LogP) is 1.47. The van der Waals surface area contributed by atoms with Crippen molar-refractivity contribution in [2.75, 3.05) is 6.54 Å². The number of aromatic nitrogens is 1. The molecule has 0 spiro atoms. The van der Waals surface area contributed by atoms with Crippen LogP contribution in [0.15, 0.2) is 5.38 Å². The fourth-order valence-electron chi connectivity index (χ4n) is 1.55. The Kier molecular flexibility index (Phi) is 5.27. The second-order valence-electron chi connectivity index (χ2n) is 4.53. The Balaban J connectivity index is 2.43. The van der Waals surface area contributed by atoms with Crippen LogP contribution in [0.1, 0.15) is 24.5 Å². The summed E-state index contributed by atoms with van der Waals surface area (Å²) in [4.78, 5) is 26.8. The first-order valence-electron chi connectivity index (χ1n) is 5.80. The van der Waals surface area contributed by atoms with Crippen molar-refractivity contribution < 1.29 is 14.7 Å². The summed E-state index contributed by atoms with van der Waals surface area (Å²) in [5, 5.41) is 14.4. The van der Waals surface area contributed by atoms with Crippen LogP contribution in [0.5, 0.6) is 0 Å². The first kappa shape index (κ1) is 14.6. The average Bonchev–Trinajstić information content (AvgIpc) is 2.62. The van der Waals surface area contributed by atoms with E-state index in [1.807, 2.05) is 26.2 Å². The summed E-state index contributed by atoms with van der Waals surface area (Å²) in [7, 11) is 0. The fourth-order valence-corrected chi connectivity index (χ4v) is 2.16. The summed E-state index contributed by atoms with van der Waals surface area (Å²) >= 11 is 1.50. The van der Waals surface area contributed by atoms with E-state index >= 15 is 0 Å². The zero-order valence-corrected chi connectivity index (χ0v) is 11.6. The van der Waals surface area contributed by atoms with Crippen LogP contribution in [0.3, 0.4) is 0 Å². The van der Waals surface area contributed by atoms with Crippen molar-refractivity contribution >= 4 is 23.2 Å². The average molecular weight is 270 g/mol. The lowest BCUT2D eigenvalue weighted by atomic mass is 9.96. The van der Waals surface area contributed by atoms with E-state index < -0.39 is 11.9 Å². The van der Waals surface area contributed by atoms with E-state index in [0.29, 0.717) is 0 Å². The molecule has 0 aliphatic rings. The number of hydrogen-bond donors (Lipinski definition) is 2. The number of nitrogens with one attached hydrogen (secondary N) is 1. The van der Waals surface area contributed by atoms with Crippen molar-refractivity contribution in [2.45, 2.75) is 27.2 Å². The lowest BCUT2D eigenvalue weighted by Crippen LogP contribution is -2.36. The molecule has 1 heterocycles. The number of hydrogen-bond acceptors (Lipinski definition) is 4. The van der Waals surface area contributed by atoms with Crippen LogP contribution in [-0.4, -0.2) is 28.5 Å². The maximum atomic E-state index is 11.6. The van der Waals surface area contributed by atoms with Crippen LogP contribution in [0.2, 0.25) is 0 Å². The second-order valence-corrected chi connectivity index (χ2v) is 5.59. The van der Waals surface area contributed by atoms with Crippen LogP contribution >= 0.6 is 11.3 Å². The van der Waals surface area contributed by atoms with Crippen LogP contribution in [0, 0.1) is 18.8 Å². The lowest BCUT2D eigenvalue weighted by molar-refractivity contribution is -0.143. The molecule has 0 radical (unpaired) electrons. The topological polar surface area (TPSA) is 79.3 Å². The zero-order chi connectivity index (χ0) is 13.7. The molecule has 0 bridgehead atoms. The third-order valence-corrected chi connectivity index (χ3v) is 3.47. The molecule has 1 rings (SSSR count).